The quantitative estimate of drug-likeness (QED) is 0.495. The fourth-order valence-electron chi connectivity index (χ4n) is 3.87. The molecule has 1 aromatic carbocycles. The van der Waals surface area contributed by atoms with E-state index in [9.17, 15) is 39.6 Å². The van der Waals surface area contributed by atoms with Crippen LogP contribution >= 0.6 is 0 Å². The second-order valence-electron chi connectivity index (χ2n) is 9.33. The number of alkyl halides is 3. The van der Waals surface area contributed by atoms with E-state index in [2.05, 4.69) is 0 Å². The molecule has 0 spiro atoms. The Kier molecular flexibility index (Phi) is 8.22. The number of amides is 2. The molecule has 2 rings (SSSR count). The van der Waals surface area contributed by atoms with E-state index in [0.29, 0.717) is 0 Å². The van der Waals surface area contributed by atoms with E-state index in [4.69, 9.17) is 4.74 Å². The minimum Gasteiger partial charge on any atom is -0.448 e. The van der Waals surface area contributed by atoms with Gasteiger partial charge in [0.15, 0.2) is 9.84 Å². The fraction of sp³-hybridized carbons (Fsp3) is 0.619. The molecular formula is C21H29F3N2O7S2. The zero-order chi connectivity index (χ0) is 27.0. The van der Waals surface area contributed by atoms with Gasteiger partial charge in [-0.1, -0.05) is 52.8 Å². The van der Waals surface area contributed by atoms with Crippen LogP contribution in [-0.2, 0) is 35.9 Å². The molecule has 1 aliphatic heterocycles. The highest BCUT2D eigenvalue weighted by Gasteiger charge is 2.55. The van der Waals surface area contributed by atoms with Gasteiger partial charge in [0.05, 0.1) is 12.3 Å². The average Bonchev–Trinajstić information content (AvgIpc) is 2.95. The van der Waals surface area contributed by atoms with Crippen molar-refractivity contribution < 1.29 is 44.3 Å². The standard InChI is InChI=1S/C21H29F3N2O7S2/c1-6-34(29,30)17-18(27)25(13-20(17,4)5)11-15-9-7-8-10-16(15)26(19(28)33-12-14(2)3)35(31,32)21(22,23)24/h7-10,14,17H,6,11-13H2,1-5H3. The number of benzene rings is 1. The Morgan fingerprint density at radius 2 is 1.77 bits per heavy atom. The highest BCUT2D eigenvalue weighted by atomic mass is 32.2. The van der Waals surface area contributed by atoms with Gasteiger partial charge in [0.25, 0.3) is 0 Å². The first-order valence-electron chi connectivity index (χ1n) is 10.7. The number of anilines is 1. The van der Waals surface area contributed by atoms with E-state index in [-0.39, 0.29) is 30.4 Å². The lowest BCUT2D eigenvalue weighted by Gasteiger charge is -2.27. The second-order valence-corrected chi connectivity index (χ2v) is 13.5. The molecule has 1 atom stereocenters. The maximum absolute atomic E-state index is 13.5. The number of hydrogen-bond donors (Lipinski definition) is 0. The Labute approximate surface area is 203 Å². The first kappa shape index (κ1) is 28.9. The molecule has 9 nitrogen and oxygen atoms in total. The maximum Gasteiger partial charge on any atom is 0.517 e. The van der Waals surface area contributed by atoms with Crippen LogP contribution < -0.4 is 4.31 Å². The number of halogens is 3. The molecule has 198 valence electrons. The molecule has 1 unspecified atom stereocenters. The Bertz CT molecular complexity index is 1180. The highest BCUT2D eigenvalue weighted by Crippen LogP contribution is 2.39. The predicted octanol–water partition coefficient (Wildman–Crippen LogP) is 3.31. The van der Waals surface area contributed by atoms with E-state index in [0.717, 1.165) is 11.0 Å². The summed E-state index contributed by atoms with van der Waals surface area (Å²) in [7, 11) is -10.0. The van der Waals surface area contributed by atoms with E-state index in [1.807, 2.05) is 0 Å². The topological polar surface area (TPSA) is 118 Å². The Balaban J connectivity index is 2.56. The largest absolute Gasteiger partial charge is 0.517 e. The molecule has 14 heteroatoms. The highest BCUT2D eigenvalue weighted by molar-refractivity contribution is 7.94. The number of sulfonamides is 1. The monoisotopic (exact) mass is 542 g/mol. The summed E-state index contributed by atoms with van der Waals surface area (Å²) in [4.78, 5) is 26.7. The van der Waals surface area contributed by atoms with Crippen molar-refractivity contribution in [1.82, 2.24) is 4.90 Å². The summed E-state index contributed by atoms with van der Waals surface area (Å²) >= 11 is 0. The van der Waals surface area contributed by atoms with Gasteiger partial charge in [-0.25, -0.2) is 13.2 Å². The number of hydrogen-bond acceptors (Lipinski definition) is 7. The van der Waals surface area contributed by atoms with Crippen LogP contribution in [0.3, 0.4) is 0 Å². The Morgan fingerprint density at radius 1 is 1.20 bits per heavy atom. The summed E-state index contributed by atoms with van der Waals surface area (Å²) in [6.45, 7) is 7.00. The Hall–Kier alpha value is -2.35. The van der Waals surface area contributed by atoms with E-state index >= 15 is 0 Å². The molecule has 1 aliphatic rings. The number of carbonyl (C=O) groups is 2. The summed E-state index contributed by atoms with van der Waals surface area (Å²) in [5.74, 6) is -1.32. The zero-order valence-electron chi connectivity index (χ0n) is 20.0. The average molecular weight is 543 g/mol. The normalized spacial score (nSPS) is 18.7. The fourth-order valence-corrected chi connectivity index (χ4v) is 6.60. The van der Waals surface area contributed by atoms with E-state index in [1.54, 1.807) is 27.7 Å². The molecule has 1 aromatic rings. The second kappa shape index (κ2) is 9.96. The van der Waals surface area contributed by atoms with Crippen LogP contribution in [0.5, 0.6) is 0 Å². The summed E-state index contributed by atoms with van der Waals surface area (Å²) in [6, 6.07) is 4.86. The van der Waals surface area contributed by atoms with Gasteiger partial charge in [0, 0.05) is 24.3 Å². The van der Waals surface area contributed by atoms with E-state index < -0.39 is 64.6 Å². The van der Waals surface area contributed by atoms with Gasteiger partial charge in [-0.15, -0.1) is 0 Å². The predicted molar refractivity (Wildman–Crippen MR) is 123 cm³/mol. The number of rotatable bonds is 8. The molecule has 0 bridgehead atoms. The van der Waals surface area contributed by atoms with Gasteiger partial charge < -0.3 is 9.64 Å². The number of carbonyl (C=O) groups excluding carboxylic acids is 2. The minimum atomic E-state index is -6.21. The van der Waals surface area contributed by atoms with Gasteiger partial charge in [-0.2, -0.15) is 25.9 Å². The molecule has 0 aromatic heterocycles. The number of likely N-dealkylation sites (tertiary alicyclic amines) is 1. The van der Waals surface area contributed by atoms with Crippen LogP contribution in [0.1, 0.15) is 40.2 Å². The van der Waals surface area contributed by atoms with Crippen molar-refractivity contribution in [2.75, 3.05) is 23.2 Å². The van der Waals surface area contributed by atoms with Crippen molar-refractivity contribution >= 4 is 37.5 Å². The van der Waals surface area contributed by atoms with Crippen molar-refractivity contribution in [3.8, 4) is 0 Å². The van der Waals surface area contributed by atoms with Crippen molar-refractivity contribution in [2.45, 2.75) is 51.9 Å². The van der Waals surface area contributed by atoms with Crippen molar-refractivity contribution in [2.24, 2.45) is 11.3 Å². The van der Waals surface area contributed by atoms with Gasteiger partial charge in [-0.05, 0) is 17.5 Å². The number of para-hydroxylation sites is 1. The minimum absolute atomic E-state index is 0.0477. The third-order valence-electron chi connectivity index (χ3n) is 5.42. The molecule has 0 radical (unpaired) electrons. The van der Waals surface area contributed by atoms with Crippen molar-refractivity contribution in [3.63, 3.8) is 0 Å². The molecular weight excluding hydrogens is 513 g/mol. The number of nitrogens with zero attached hydrogens (tertiary/aromatic N) is 2. The van der Waals surface area contributed by atoms with Crippen LogP contribution in [0.15, 0.2) is 24.3 Å². The lowest BCUT2D eigenvalue weighted by Crippen LogP contribution is -2.46. The summed E-state index contributed by atoms with van der Waals surface area (Å²) < 4.78 is 94.6. The molecule has 0 N–H and O–H groups in total. The van der Waals surface area contributed by atoms with Crippen LogP contribution in [0.4, 0.5) is 23.7 Å². The van der Waals surface area contributed by atoms with Crippen LogP contribution in [0.2, 0.25) is 0 Å². The third kappa shape index (κ3) is 5.90. The first-order valence-corrected chi connectivity index (χ1v) is 13.9. The summed E-state index contributed by atoms with van der Waals surface area (Å²) in [5.41, 5.74) is -7.58. The SMILES string of the molecule is CCS(=O)(=O)C1C(=O)N(Cc2ccccc2N(C(=O)OCC(C)C)S(=O)(=O)C(F)(F)F)CC1(C)C. The molecule has 0 saturated carbocycles. The molecule has 1 fully saturated rings. The number of ether oxygens (including phenoxy) is 1. The summed E-state index contributed by atoms with van der Waals surface area (Å²) in [6.07, 6.45) is -1.75. The molecule has 0 aliphatic carbocycles. The van der Waals surface area contributed by atoms with Crippen LogP contribution in [-0.4, -0.2) is 63.4 Å². The number of sulfone groups is 1. The van der Waals surface area contributed by atoms with Crippen LogP contribution in [0.25, 0.3) is 0 Å². The van der Waals surface area contributed by atoms with E-state index in [1.165, 1.54) is 25.1 Å². The zero-order valence-corrected chi connectivity index (χ0v) is 21.6. The molecule has 1 saturated heterocycles. The molecule has 1 heterocycles. The van der Waals surface area contributed by atoms with Gasteiger partial charge >= 0.3 is 21.6 Å². The molecule has 2 amide bonds. The van der Waals surface area contributed by atoms with Crippen molar-refractivity contribution in [3.05, 3.63) is 29.8 Å². The van der Waals surface area contributed by atoms with Crippen LogP contribution in [0, 0.1) is 11.3 Å². The maximum atomic E-state index is 13.5. The molecule has 35 heavy (non-hydrogen) atoms. The smallest absolute Gasteiger partial charge is 0.448 e. The Morgan fingerprint density at radius 3 is 2.29 bits per heavy atom. The van der Waals surface area contributed by atoms with Gasteiger partial charge in [0.2, 0.25) is 5.91 Å². The van der Waals surface area contributed by atoms with Gasteiger partial charge in [0.1, 0.15) is 5.25 Å². The van der Waals surface area contributed by atoms with Gasteiger partial charge in [-0.3, -0.25) is 4.79 Å². The lowest BCUT2D eigenvalue weighted by atomic mass is 9.92. The lowest BCUT2D eigenvalue weighted by molar-refractivity contribution is -0.127. The summed E-state index contributed by atoms with van der Waals surface area (Å²) in [5, 5.41) is -1.36. The third-order valence-corrected chi connectivity index (χ3v) is 9.19. The van der Waals surface area contributed by atoms with Crippen molar-refractivity contribution in [1.29, 1.82) is 0 Å². The first-order chi connectivity index (χ1) is 15.9.